The Hall–Kier alpha value is -2.10. The van der Waals surface area contributed by atoms with Gasteiger partial charge in [-0.1, -0.05) is 0 Å². The van der Waals surface area contributed by atoms with E-state index < -0.39 is 5.97 Å². The lowest BCUT2D eigenvalue weighted by Crippen LogP contribution is -1.91. The highest BCUT2D eigenvalue weighted by atomic mass is 16.4. The summed E-state index contributed by atoms with van der Waals surface area (Å²) in [5.74, 6) is -0.619. The molecule has 4 nitrogen and oxygen atoms in total. The van der Waals surface area contributed by atoms with Crippen molar-refractivity contribution in [3.63, 3.8) is 0 Å². The summed E-state index contributed by atoms with van der Waals surface area (Å²) in [7, 11) is 0. The molecule has 0 radical (unpaired) electrons. The number of rotatable bonds is 2. The highest BCUT2D eigenvalue weighted by molar-refractivity contribution is 5.85. The molecule has 0 aromatic carbocycles. The van der Waals surface area contributed by atoms with E-state index in [2.05, 4.69) is 4.98 Å². The van der Waals surface area contributed by atoms with Gasteiger partial charge in [-0.15, -0.1) is 0 Å². The summed E-state index contributed by atoms with van der Waals surface area (Å²) in [6.45, 7) is 1.88. The Morgan fingerprint density at radius 2 is 2.13 bits per heavy atom. The average molecular weight is 203 g/mol. The zero-order valence-electron chi connectivity index (χ0n) is 8.10. The molecule has 2 aromatic heterocycles. The van der Waals surface area contributed by atoms with Crippen LogP contribution in [0.3, 0.4) is 0 Å². The molecule has 0 fully saturated rings. The lowest BCUT2D eigenvalue weighted by Gasteiger charge is -1.96. The number of hydrogen-bond donors (Lipinski definition) is 1. The number of aromatic nitrogens is 1. The molecule has 0 atom stereocenters. The molecular formula is C11H9NO3. The maximum atomic E-state index is 10.6. The summed E-state index contributed by atoms with van der Waals surface area (Å²) in [4.78, 5) is 14.7. The first-order valence-electron chi connectivity index (χ1n) is 4.43. The van der Waals surface area contributed by atoms with E-state index in [9.17, 15) is 4.79 Å². The fourth-order valence-electron chi connectivity index (χ4n) is 1.22. The van der Waals surface area contributed by atoms with E-state index in [0.29, 0.717) is 5.76 Å². The molecule has 0 aliphatic carbocycles. The molecule has 2 aromatic rings. The van der Waals surface area contributed by atoms with Crippen molar-refractivity contribution in [1.29, 1.82) is 0 Å². The van der Waals surface area contributed by atoms with Crippen LogP contribution in [0.2, 0.25) is 0 Å². The Labute approximate surface area is 86.2 Å². The van der Waals surface area contributed by atoms with E-state index >= 15 is 0 Å². The van der Waals surface area contributed by atoms with Crippen LogP contribution < -0.4 is 0 Å². The van der Waals surface area contributed by atoms with Crippen molar-refractivity contribution >= 4 is 5.97 Å². The van der Waals surface area contributed by atoms with Crippen LogP contribution in [0.1, 0.15) is 16.2 Å². The van der Waals surface area contributed by atoms with Crippen molar-refractivity contribution in [2.75, 3.05) is 0 Å². The van der Waals surface area contributed by atoms with Crippen molar-refractivity contribution in [1.82, 2.24) is 4.98 Å². The van der Waals surface area contributed by atoms with Crippen molar-refractivity contribution in [3.8, 4) is 11.3 Å². The summed E-state index contributed by atoms with van der Waals surface area (Å²) < 4.78 is 5.13. The number of pyridine rings is 1. The number of aryl methyl sites for hydroxylation is 1. The van der Waals surface area contributed by atoms with Crippen molar-refractivity contribution in [2.45, 2.75) is 6.92 Å². The summed E-state index contributed by atoms with van der Waals surface area (Å²) in [6, 6.07) is 6.73. The number of furan rings is 1. The Bertz CT molecular complexity index is 485. The fraction of sp³-hybridized carbons (Fsp3) is 0.0909. The van der Waals surface area contributed by atoms with Crippen LogP contribution in [0.15, 0.2) is 34.9 Å². The van der Waals surface area contributed by atoms with Crippen molar-refractivity contribution < 1.29 is 14.3 Å². The highest BCUT2D eigenvalue weighted by Gasteiger charge is 2.09. The molecule has 1 N–H and O–H groups in total. The molecule has 0 aliphatic heterocycles. The lowest BCUT2D eigenvalue weighted by atomic mass is 10.2. The Morgan fingerprint density at radius 3 is 2.67 bits per heavy atom. The Kier molecular flexibility index (Phi) is 2.25. The van der Waals surface area contributed by atoms with Crippen LogP contribution in [-0.4, -0.2) is 16.1 Å². The van der Waals surface area contributed by atoms with Crippen LogP contribution in [0.5, 0.6) is 0 Å². The normalized spacial score (nSPS) is 10.2. The second kappa shape index (κ2) is 3.57. The molecule has 0 amide bonds. The second-order valence-corrected chi connectivity index (χ2v) is 3.16. The van der Waals surface area contributed by atoms with Gasteiger partial charge >= 0.3 is 5.97 Å². The molecule has 15 heavy (non-hydrogen) atoms. The van der Waals surface area contributed by atoms with Gasteiger partial charge in [0.25, 0.3) is 0 Å². The molecule has 76 valence electrons. The molecule has 0 bridgehead atoms. The van der Waals surface area contributed by atoms with E-state index in [1.807, 2.05) is 19.1 Å². The first kappa shape index (κ1) is 9.45. The van der Waals surface area contributed by atoms with Crippen LogP contribution in [0, 0.1) is 6.92 Å². The minimum absolute atomic E-state index is 0.0643. The number of carbonyl (C=O) groups is 1. The van der Waals surface area contributed by atoms with Gasteiger partial charge in [-0.3, -0.25) is 4.98 Å². The predicted octanol–water partition coefficient (Wildman–Crippen LogP) is 2.35. The first-order chi connectivity index (χ1) is 7.16. The minimum atomic E-state index is -1.07. The Balaban J connectivity index is 2.37. The summed E-state index contributed by atoms with van der Waals surface area (Å²) in [6.07, 6.45) is 1.65. The number of nitrogens with zero attached hydrogens (tertiary/aromatic N) is 1. The van der Waals surface area contributed by atoms with Gasteiger partial charge in [0.15, 0.2) is 0 Å². The van der Waals surface area contributed by atoms with Crippen molar-refractivity contribution in [2.24, 2.45) is 0 Å². The van der Waals surface area contributed by atoms with Crippen LogP contribution in [0.25, 0.3) is 11.3 Å². The van der Waals surface area contributed by atoms with E-state index in [1.165, 1.54) is 6.07 Å². The molecule has 0 saturated heterocycles. The summed E-state index contributed by atoms with van der Waals surface area (Å²) in [5, 5.41) is 8.68. The first-order valence-corrected chi connectivity index (χ1v) is 4.43. The van der Waals surface area contributed by atoms with Gasteiger partial charge in [-0.2, -0.15) is 0 Å². The monoisotopic (exact) mass is 203 g/mol. The van der Waals surface area contributed by atoms with Crippen LogP contribution in [-0.2, 0) is 0 Å². The maximum absolute atomic E-state index is 10.6. The number of carboxylic acid groups (broad SMARTS) is 1. The van der Waals surface area contributed by atoms with Gasteiger partial charge < -0.3 is 9.52 Å². The van der Waals surface area contributed by atoms with Gasteiger partial charge in [-0.05, 0) is 31.2 Å². The van der Waals surface area contributed by atoms with Gasteiger partial charge in [0, 0.05) is 17.5 Å². The van der Waals surface area contributed by atoms with Crippen LogP contribution in [0.4, 0.5) is 0 Å². The van der Waals surface area contributed by atoms with Gasteiger partial charge in [0.2, 0.25) is 5.76 Å². The van der Waals surface area contributed by atoms with E-state index in [4.69, 9.17) is 9.52 Å². The highest BCUT2D eigenvalue weighted by Crippen LogP contribution is 2.21. The Morgan fingerprint density at radius 1 is 1.33 bits per heavy atom. The third-order valence-electron chi connectivity index (χ3n) is 2.01. The SMILES string of the molecule is Cc1ccc(-c2ccc(C(=O)O)o2)cn1. The summed E-state index contributed by atoms with van der Waals surface area (Å²) in [5.41, 5.74) is 1.68. The number of aromatic carboxylic acids is 1. The molecule has 4 heteroatoms. The predicted molar refractivity (Wildman–Crippen MR) is 53.6 cm³/mol. The molecule has 2 rings (SSSR count). The summed E-state index contributed by atoms with van der Waals surface area (Å²) >= 11 is 0. The molecule has 0 spiro atoms. The quantitative estimate of drug-likeness (QED) is 0.813. The van der Waals surface area contributed by atoms with E-state index in [-0.39, 0.29) is 5.76 Å². The van der Waals surface area contributed by atoms with E-state index in [1.54, 1.807) is 12.3 Å². The molecule has 2 heterocycles. The third-order valence-corrected chi connectivity index (χ3v) is 2.01. The average Bonchev–Trinajstić information content (AvgIpc) is 2.68. The molecular weight excluding hydrogens is 194 g/mol. The number of hydrogen-bond acceptors (Lipinski definition) is 3. The lowest BCUT2D eigenvalue weighted by molar-refractivity contribution is 0.0663. The molecule has 0 unspecified atom stereocenters. The van der Waals surface area contributed by atoms with Gasteiger partial charge in [0.1, 0.15) is 5.76 Å². The molecule has 0 saturated carbocycles. The zero-order chi connectivity index (χ0) is 10.8. The third kappa shape index (κ3) is 1.88. The smallest absolute Gasteiger partial charge is 0.371 e. The fourth-order valence-corrected chi connectivity index (χ4v) is 1.22. The molecule has 0 aliphatic rings. The largest absolute Gasteiger partial charge is 0.475 e. The van der Waals surface area contributed by atoms with Gasteiger partial charge in [-0.25, -0.2) is 4.79 Å². The van der Waals surface area contributed by atoms with E-state index in [0.717, 1.165) is 11.3 Å². The van der Waals surface area contributed by atoms with Crippen molar-refractivity contribution in [3.05, 3.63) is 41.9 Å². The standard InChI is InChI=1S/C11H9NO3/c1-7-2-3-8(6-12-7)9-4-5-10(15-9)11(13)14/h2-6H,1H3,(H,13,14). The second-order valence-electron chi connectivity index (χ2n) is 3.16. The number of carboxylic acids is 1. The van der Waals surface area contributed by atoms with Gasteiger partial charge in [0.05, 0.1) is 0 Å². The van der Waals surface area contributed by atoms with Crippen LogP contribution >= 0.6 is 0 Å². The zero-order valence-corrected chi connectivity index (χ0v) is 8.10. The topological polar surface area (TPSA) is 63.3 Å². The maximum Gasteiger partial charge on any atom is 0.371 e. The minimum Gasteiger partial charge on any atom is -0.475 e.